The number of hydrogen-bond donors (Lipinski definition) is 0. The van der Waals surface area contributed by atoms with Gasteiger partial charge in [0.25, 0.3) is 0 Å². The highest BCUT2D eigenvalue weighted by Crippen LogP contribution is 1.97. The zero-order chi connectivity index (χ0) is 7.23. The molecule has 0 fully saturated rings. The second-order valence-electron chi connectivity index (χ2n) is 2.23. The molecule has 10 heavy (non-hydrogen) atoms. The molecule has 0 aromatic carbocycles. The molecule has 1 aliphatic rings. The van der Waals surface area contributed by atoms with E-state index in [1.54, 1.807) is 0 Å². The summed E-state index contributed by atoms with van der Waals surface area (Å²) < 4.78 is 0. The van der Waals surface area contributed by atoms with Crippen molar-refractivity contribution in [2.75, 3.05) is 6.54 Å². The minimum Gasteiger partial charge on any atom is -0.354 e. The van der Waals surface area contributed by atoms with Crippen LogP contribution in [0.15, 0.2) is 30.6 Å². The maximum absolute atomic E-state index is 3.04. The highest BCUT2D eigenvalue weighted by Gasteiger charge is 1.90. The third kappa shape index (κ3) is 2.09. The number of nitrogens with zero attached hydrogens (tertiary/aromatic N) is 1. The average molecular weight is 134 g/mol. The molecule has 0 amide bonds. The Morgan fingerprint density at radius 2 is 2.30 bits per heavy atom. The zero-order valence-electron chi connectivity index (χ0n) is 6.25. The molecule has 1 heterocycles. The van der Waals surface area contributed by atoms with Gasteiger partial charge in [-0.3, -0.25) is 0 Å². The van der Waals surface area contributed by atoms with Crippen LogP contribution in [-0.2, 0) is 0 Å². The van der Waals surface area contributed by atoms with E-state index in [1.165, 1.54) is 6.42 Å². The predicted octanol–water partition coefficient (Wildman–Crippen LogP) is 2.10. The molecule has 1 radical (unpaired) electrons. The van der Waals surface area contributed by atoms with Crippen LogP contribution in [-0.4, -0.2) is 11.4 Å². The van der Waals surface area contributed by atoms with E-state index in [-0.39, 0.29) is 0 Å². The predicted molar refractivity (Wildman–Crippen MR) is 43.1 cm³/mol. The first kappa shape index (κ1) is 7.13. The third-order valence-electron chi connectivity index (χ3n) is 1.30. The van der Waals surface area contributed by atoms with E-state index in [2.05, 4.69) is 24.1 Å². The SMILES string of the molecule is CCCN1C=[C]C=CC=C1. The van der Waals surface area contributed by atoms with Crippen LogP contribution in [0, 0.1) is 6.08 Å². The summed E-state index contributed by atoms with van der Waals surface area (Å²) in [7, 11) is 0. The molecule has 0 saturated heterocycles. The first-order valence-corrected chi connectivity index (χ1v) is 3.62. The molecule has 0 bridgehead atoms. The summed E-state index contributed by atoms with van der Waals surface area (Å²) in [6.07, 6.45) is 14.1. The summed E-state index contributed by atoms with van der Waals surface area (Å²) in [6.45, 7) is 3.24. The number of hydrogen-bond acceptors (Lipinski definition) is 1. The van der Waals surface area contributed by atoms with Gasteiger partial charge in [0.2, 0.25) is 0 Å². The van der Waals surface area contributed by atoms with E-state index in [1.807, 2.05) is 24.4 Å². The van der Waals surface area contributed by atoms with Gasteiger partial charge in [-0.15, -0.1) is 0 Å². The van der Waals surface area contributed by atoms with Crippen molar-refractivity contribution in [3.05, 3.63) is 36.7 Å². The van der Waals surface area contributed by atoms with E-state index in [9.17, 15) is 0 Å². The van der Waals surface area contributed by atoms with Crippen molar-refractivity contribution in [2.24, 2.45) is 0 Å². The van der Waals surface area contributed by atoms with Crippen molar-refractivity contribution in [1.29, 1.82) is 0 Å². The monoisotopic (exact) mass is 134 g/mol. The molecule has 1 rings (SSSR count). The lowest BCUT2D eigenvalue weighted by Crippen LogP contribution is -2.09. The first-order chi connectivity index (χ1) is 4.93. The molecule has 0 aromatic heterocycles. The summed E-state index contributed by atoms with van der Waals surface area (Å²) >= 11 is 0. The van der Waals surface area contributed by atoms with Crippen molar-refractivity contribution in [1.82, 2.24) is 4.90 Å². The lowest BCUT2D eigenvalue weighted by molar-refractivity contribution is 0.501. The van der Waals surface area contributed by atoms with E-state index in [4.69, 9.17) is 0 Å². The molecular weight excluding hydrogens is 122 g/mol. The van der Waals surface area contributed by atoms with E-state index in [0.29, 0.717) is 0 Å². The van der Waals surface area contributed by atoms with Crippen LogP contribution < -0.4 is 0 Å². The van der Waals surface area contributed by atoms with Crippen molar-refractivity contribution >= 4 is 0 Å². The smallest absolute Gasteiger partial charge is 0.0217 e. The second-order valence-corrected chi connectivity index (χ2v) is 2.23. The third-order valence-corrected chi connectivity index (χ3v) is 1.30. The molecule has 0 unspecified atom stereocenters. The summed E-state index contributed by atoms with van der Waals surface area (Å²) in [5.74, 6) is 0. The number of allylic oxidation sites excluding steroid dienone is 4. The molecule has 0 saturated carbocycles. The van der Waals surface area contributed by atoms with Crippen LogP contribution in [0.1, 0.15) is 13.3 Å². The minimum absolute atomic E-state index is 1.07. The molecule has 1 aliphatic heterocycles. The lowest BCUT2D eigenvalue weighted by atomic mass is 10.4. The summed E-state index contributed by atoms with van der Waals surface area (Å²) in [5.41, 5.74) is 0. The Hall–Kier alpha value is -0.980. The topological polar surface area (TPSA) is 3.24 Å². The van der Waals surface area contributed by atoms with Gasteiger partial charge in [-0.1, -0.05) is 19.1 Å². The second kappa shape index (κ2) is 3.94. The highest BCUT2D eigenvalue weighted by molar-refractivity contribution is 5.11. The van der Waals surface area contributed by atoms with Crippen molar-refractivity contribution < 1.29 is 0 Å². The van der Waals surface area contributed by atoms with Crippen molar-refractivity contribution in [3.8, 4) is 0 Å². The Morgan fingerprint density at radius 3 is 3.10 bits per heavy atom. The van der Waals surface area contributed by atoms with Crippen molar-refractivity contribution in [3.63, 3.8) is 0 Å². The van der Waals surface area contributed by atoms with E-state index in [0.717, 1.165) is 6.54 Å². The van der Waals surface area contributed by atoms with E-state index >= 15 is 0 Å². The summed E-state index contributed by atoms with van der Waals surface area (Å²) in [6, 6.07) is 0. The van der Waals surface area contributed by atoms with Gasteiger partial charge in [-0.05, 0) is 18.6 Å². The Balaban J connectivity index is 2.46. The fourth-order valence-electron chi connectivity index (χ4n) is 0.850. The largest absolute Gasteiger partial charge is 0.354 e. The van der Waals surface area contributed by atoms with Crippen LogP contribution >= 0.6 is 0 Å². The van der Waals surface area contributed by atoms with Crippen molar-refractivity contribution in [2.45, 2.75) is 13.3 Å². The van der Waals surface area contributed by atoms with Gasteiger partial charge in [0.05, 0.1) is 0 Å². The van der Waals surface area contributed by atoms with Crippen LogP contribution in [0.3, 0.4) is 0 Å². The van der Waals surface area contributed by atoms with Gasteiger partial charge in [0, 0.05) is 18.9 Å². The maximum atomic E-state index is 3.04. The van der Waals surface area contributed by atoms with Gasteiger partial charge in [-0.25, -0.2) is 0 Å². The molecule has 1 heteroatoms. The fraction of sp³-hybridized carbons (Fsp3) is 0.333. The summed E-state index contributed by atoms with van der Waals surface area (Å²) in [5, 5.41) is 0. The Labute approximate surface area is 62.3 Å². The number of rotatable bonds is 2. The van der Waals surface area contributed by atoms with Gasteiger partial charge in [-0.2, -0.15) is 0 Å². The molecule has 0 aliphatic carbocycles. The van der Waals surface area contributed by atoms with Gasteiger partial charge in [0.1, 0.15) is 0 Å². The first-order valence-electron chi connectivity index (χ1n) is 3.62. The average Bonchev–Trinajstić information content (AvgIpc) is 2.17. The maximum Gasteiger partial charge on any atom is 0.0217 e. The molecule has 0 spiro atoms. The molecule has 0 aromatic rings. The quantitative estimate of drug-likeness (QED) is 0.559. The molecule has 0 N–H and O–H groups in total. The van der Waals surface area contributed by atoms with Crippen LogP contribution in [0.25, 0.3) is 0 Å². The summed E-state index contributed by atoms with van der Waals surface area (Å²) in [4.78, 5) is 2.12. The van der Waals surface area contributed by atoms with Gasteiger partial charge in [0.15, 0.2) is 0 Å². The van der Waals surface area contributed by atoms with Gasteiger partial charge >= 0.3 is 0 Å². The fourth-order valence-corrected chi connectivity index (χ4v) is 0.850. The Kier molecular flexibility index (Phi) is 2.81. The zero-order valence-corrected chi connectivity index (χ0v) is 6.25. The normalized spacial score (nSPS) is 15.9. The van der Waals surface area contributed by atoms with Crippen LogP contribution in [0.2, 0.25) is 0 Å². The molecule has 1 nitrogen and oxygen atoms in total. The Bertz CT molecular complexity index is 150. The van der Waals surface area contributed by atoms with E-state index < -0.39 is 0 Å². The Morgan fingerprint density at radius 1 is 1.40 bits per heavy atom. The molecule has 0 atom stereocenters. The van der Waals surface area contributed by atoms with Gasteiger partial charge < -0.3 is 4.90 Å². The highest BCUT2D eigenvalue weighted by atomic mass is 15.1. The standard InChI is InChI=1S/C9H12N/c1-2-7-10-8-5-3-4-6-9-10/h3-5,8-9H,2,7H2,1H3. The minimum atomic E-state index is 1.07. The lowest BCUT2D eigenvalue weighted by Gasteiger charge is -2.11. The molecular formula is C9H12N. The molecule has 53 valence electrons. The van der Waals surface area contributed by atoms with Crippen LogP contribution in [0.4, 0.5) is 0 Å². The van der Waals surface area contributed by atoms with Crippen LogP contribution in [0.5, 0.6) is 0 Å².